The van der Waals surface area contributed by atoms with Crippen LogP contribution in [0.3, 0.4) is 0 Å². The van der Waals surface area contributed by atoms with E-state index in [0.717, 1.165) is 21.5 Å². The third kappa shape index (κ3) is 3.79. The summed E-state index contributed by atoms with van der Waals surface area (Å²) in [5.41, 5.74) is 1.78. The lowest BCUT2D eigenvalue weighted by Gasteiger charge is -2.03. The molecular formula is C20H18N2O3S. The highest BCUT2D eigenvalue weighted by molar-refractivity contribution is 7.16. The molecule has 0 unspecified atom stereocenters. The number of aromatic nitrogens is 1. The number of nitrogens with zero attached hydrogens (tertiary/aromatic N) is 2. The zero-order valence-corrected chi connectivity index (χ0v) is 15.4. The maximum atomic E-state index is 12.4. The third-order valence-electron chi connectivity index (χ3n) is 3.85. The minimum absolute atomic E-state index is 0.199. The van der Waals surface area contributed by atoms with Crippen LogP contribution in [-0.4, -0.2) is 24.7 Å². The van der Waals surface area contributed by atoms with Gasteiger partial charge in [0.25, 0.3) is 5.91 Å². The molecule has 0 saturated carbocycles. The van der Waals surface area contributed by atoms with Crippen molar-refractivity contribution in [3.63, 3.8) is 0 Å². The minimum Gasteiger partial charge on any atom is -0.497 e. The number of thiazole rings is 1. The van der Waals surface area contributed by atoms with Crippen LogP contribution >= 0.6 is 11.3 Å². The molecule has 0 N–H and O–H groups in total. The minimum atomic E-state index is -0.234. The average molecular weight is 366 g/mol. The fourth-order valence-electron chi connectivity index (χ4n) is 2.61. The lowest BCUT2D eigenvalue weighted by Crippen LogP contribution is -2.17. The van der Waals surface area contributed by atoms with Crippen molar-refractivity contribution in [2.24, 2.45) is 4.99 Å². The van der Waals surface area contributed by atoms with Crippen LogP contribution in [0.4, 0.5) is 0 Å². The molecule has 0 aliphatic heterocycles. The number of terminal acetylenes is 1. The van der Waals surface area contributed by atoms with E-state index >= 15 is 0 Å². The van der Waals surface area contributed by atoms with E-state index in [1.165, 1.54) is 11.3 Å². The number of methoxy groups -OCH3 is 2. The molecule has 132 valence electrons. The van der Waals surface area contributed by atoms with E-state index in [1.807, 2.05) is 47.0 Å². The van der Waals surface area contributed by atoms with E-state index < -0.39 is 0 Å². The number of benzene rings is 2. The number of rotatable bonds is 5. The van der Waals surface area contributed by atoms with Gasteiger partial charge in [-0.3, -0.25) is 4.79 Å². The van der Waals surface area contributed by atoms with Crippen molar-refractivity contribution in [1.82, 2.24) is 4.57 Å². The van der Waals surface area contributed by atoms with Crippen LogP contribution in [0.2, 0.25) is 0 Å². The molecule has 0 atom stereocenters. The van der Waals surface area contributed by atoms with Gasteiger partial charge in [-0.1, -0.05) is 29.4 Å². The molecular weight excluding hydrogens is 348 g/mol. The molecule has 0 bridgehead atoms. The number of fused-ring (bicyclic) bond motifs is 1. The molecule has 0 aliphatic carbocycles. The topological polar surface area (TPSA) is 52.8 Å². The molecule has 0 aliphatic rings. The highest BCUT2D eigenvalue weighted by Crippen LogP contribution is 2.23. The quantitative estimate of drug-likeness (QED) is 0.652. The average Bonchev–Trinajstić information content (AvgIpc) is 2.98. The van der Waals surface area contributed by atoms with Crippen LogP contribution in [-0.2, 0) is 17.8 Å². The third-order valence-corrected chi connectivity index (χ3v) is 4.89. The van der Waals surface area contributed by atoms with Crippen LogP contribution < -0.4 is 14.3 Å². The molecule has 1 amide bonds. The SMILES string of the molecule is C#CCn1c(=NC(=O)Cc2cccc(OC)c2)sc2cc(OC)ccc21. The molecule has 3 rings (SSSR count). The van der Waals surface area contributed by atoms with E-state index in [1.54, 1.807) is 14.2 Å². The van der Waals surface area contributed by atoms with Gasteiger partial charge in [-0.25, -0.2) is 0 Å². The molecule has 1 heterocycles. The summed E-state index contributed by atoms with van der Waals surface area (Å²) in [6.45, 7) is 0.345. The van der Waals surface area contributed by atoms with Gasteiger partial charge >= 0.3 is 0 Å². The van der Waals surface area contributed by atoms with Crippen molar-refractivity contribution in [2.75, 3.05) is 14.2 Å². The molecule has 0 spiro atoms. The highest BCUT2D eigenvalue weighted by Gasteiger charge is 2.09. The maximum Gasteiger partial charge on any atom is 0.252 e. The fourth-order valence-corrected chi connectivity index (χ4v) is 3.69. The second-order valence-corrected chi connectivity index (χ2v) is 6.55. The summed E-state index contributed by atoms with van der Waals surface area (Å²) < 4.78 is 13.3. The Balaban J connectivity index is 1.98. The molecule has 1 aromatic heterocycles. The fraction of sp³-hybridized carbons (Fsp3) is 0.200. The predicted octanol–water partition coefficient (Wildman–Crippen LogP) is 3.02. The monoisotopic (exact) mass is 366 g/mol. The summed E-state index contributed by atoms with van der Waals surface area (Å²) in [4.78, 5) is 17.3. The van der Waals surface area contributed by atoms with Crippen LogP contribution in [0.15, 0.2) is 47.5 Å². The Labute approximate surface area is 155 Å². The zero-order valence-electron chi connectivity index (χ0n) is 14.6. The summed E-state index contributed by atoms with van der Waals surface area (Å²) in [5, 5.41) is 0. The number of carbonyl (C=O) groups excluding carboxylic acids is 1. The molecule has 0 fully saturated rings. The number of hydrogen-bond donors (Lipinski definition) is 0. The Bertz CT molecular complexity index is 1060. The van der Waals surface area contributed by atoms with Gasteiger partial charge in [0.1, 0.15) is 11.5 Å². The lowest BCUT2D eigenvalue weighted by atomic mass is 10.1. The van der Waals surface area contributed by atoms with Crippen molar-refractivity contribution in [1.29, 1.82) is 0 Å². The summed E-state index contributed by atoms with van der Waals surface area (Å²) in [6, 6.07) is 13.1. The molecule has 2 aromatic carbocycles. The van der Waals surface area contributed by atoms with Gasteiger partial charge in [-0.05, 0) is 35.9 Å². The van der Waals surface area contributed by atoms with E-state index in [-0.39, 0.29) is 12.3 Å². The second kappa shape index (κ2) is 7.89. The van der Waals surface area contributed by atoms with Crippen molar-refractivity contribution >= 4 is 27.5 Å². The number of hydrogen-bond acceptors (Lipinski definition) is 4. The van der Waals surface area contributed by atoms with Crippen LogP contribution in [0.5, 0.6) is 11.5 Å². The molecule has 5 nitrogen and oxygen atoms in total. The van der Waals surface area contributed by atoms with Crippen molar-refractivity contribution in [3.05, 3.63) is 52.8 Å². The van der Waals surface area contributed by atoms with E-state index in [0.29, 0.717) is 17.1 Å². The van der Waals surface area contributed by atoms with Gasteiger partial charge in [0.15, 0.2) is 4.80 Å². The van der Waals surface area contributed by atoms with Gasteiger partial charge in [0.2, 0.25) is 0 Å². The second-order valence-electron chi connectivity index (χ2n) is 5.54. The molecule has 0 saturated heterocycles. The van der Waals surface area contributed by atoms with Crippen LogP contribution in [0.1, 0.15) is 5.56 Å². The highest BCUT2D eigenvalue weighted by atomic mass is 32.1. The molecule has 6 heteroatoms. The number of ether oxygens (including phenoxy) is 2. The van der Waals surface area contributed by atoms with E-state index in [2.05, 4.69) is 10.9 Å². The number of amides is 1. The normalized spacial score (nSPS) is 11.3. The Kier molecular flexibility index (Phi) is 5.40. The predicted molar refractivity (Wildman–Crippen MR) is 102 cm³/mol. The van der Waals surface area contributed by atoms with Crippen molar-refractivity contribution in [3.8, 4) is 23.8 Å². The first-order valence-corrected chi connectivity index (χ1v) is 8.77. The van der Waals surface area contributed by atoms with Crippen LogP contribution in [0, 0.1) is 12.3 Å². The summed E-state index contributed by atoms with van der Waals surface area (Å²) >= 11 is 1.42. The standard InChI is InChI=1S/C20H18N2O3S/c1-4-10-22-17-9-8-16(25-3)13-18(17)26-20(22)21-19(23)12-14-6-5-7-15(11-14)24-2/h1,5-9,11,13H,10,12H2,2-3H3. The Morgan fingerprint density at radius 1 is 1.19 bits per heavy atom. The summed E-state index contributed by atoms with van der Waals surface area (Å²) in [7, 11) is 3.22. The van der Waals surface area contributed by atoms with Crippen molar-refractivity contribution < 1.29 is 14.3 Å². The summed E-state index contributed by atoms with van der Waals surface area (Å²) in [6.07, 6.45) is 5.69. The Morgan fingerprint density at radius 3 is 2.69 bits per heavy atom. The van der Waals surface area contributed by atoms with Gasteiger partial charge in [0.05, 0.1) is 37.4 Å². The first-order valence-electron chi connectivity index (χ1n) is 7.96. The van der Waals surface area contributed by atoms with E-state index in [4.69, 9.17) is 15.9 Å². The smallest absolute Gasteiger partial charge is 0.252 e. The molecule has 26 heavy (non-hydrogen) atoms. The van der Waals surface area contributed by atoms with Gasteiger partial charge in [0, 0.05) is 0 Å². The molecule has 3 aromatic rings. The molecule has 0 radical (unpaired) electrons. The van der Waals surface area contributed by atoms with Crippen molar-refractivity contribution in [2.45, 2.75) is 13.0 Å². The Morgan fingerprint density at radius 2 is 1.96 bits per heavy atom. The maximum absolute atomic E-state index is 12.4. The first kappa shape index (κ1) is 17.8. The zero-order chi connectivity index (χ0) is 18.5. The summed E-state index contributed by atoms with van der Waals surface area (Å²) in [5.74, 6) is 3.85. The lowest BCUT2D eigenvalue weighted by molar-refractivity contribution is -0.117. The first-order chi connectivity index (χ1) is 12.6. The largest absolute Gasteiger partial charge is 0.497 e. The Hall–Kier alpha value is -3.04. The van der Waals surface area contributed by atoms with Gasteiger partial charge < -0.3 is 14.0 Å². The number of carbonyl (C=O) groups is 1. The van der Waals surface area contributed by atoms with Gasteiger partial charge in [-0.2, -0.15) is 4.99 Å². The van der Waals surface area contributed by atoms with Gasteiger partial charge in [-0.15, -0.1) is 6.42 Å². The van der Waals surface area contributed by atoms with E-state index in [9.17, 15) is 4.79 Å². The van der Waals surface area contributed by atoms with Crippen LogP contribution in [0.25, 0.3) is 10.2 Å².